The lowest BCUT2D eigenvalue weighted by molar-refractivity contribution is -0.136. The third-order valence-electron chi connectivity index (χ3n) is 7.94. The predicted molar refractivity (Wildman–Crippen MR) is 176 cm³/mol. The van der Waals surface area contributed by atoms with Gasteiger partial charge in [-0.2, -0.15) is 0 Å². The van der Waals surface area contributed by atoms with Gasteiger partial charge in [0, 0.05) is 13.0 Å². The Morgan fingerprint density at radius 1 is 0.889 bits per heavy atom. The van der Waals surface area contributed by atoms with Gasteiger partial charge in [0.25, 0.3) is 5.91 Å². The summed E-state index contributed by atoms with van der Waals surface area (Å²) >= 11 is 0. The van der Waals surface area contributed by atoms with E-state index in [1.165, 1.54) is 37.0 Å². The summed E-state index contributed by atoms with van der Waals surface area (Å²) in [6.45, 7) is 9.97. The number of carbonyl (C=O) groups excluding carboxylic acids is 1. The van der Waals surface area contributed by atoms with Gasteiger partial charge in [0.15, 0.2) is 0 Å². The van der Waals surface area contributed by atoms with Crippen molar-refractivity contribution >= 4 is 22.6 Å². The molecule has 1 saturated heterocycles. The second kappa shape index (κ2) is 16.0. The minimum absolute atomic E-state index is 0.0208. The Kier molecular flexibility index (Phi) is 11.9. The van der Waals surface area contributed by atoms with Crippen LogP contribution in [0.1, 0.15) is 66.6 Å². The van der Waals surface area contributed by atoms with E-state index >= 15 is 0 Å². The quantitative estimate of drug-likeness (QED) is 0.181. The molecule has 0 saturated carbocycles. The topological polar surface area (TPSA) is 102 Å². The molecule has 238 valence electrons. The number of aryl methyl sites for hydroxylation is 2. The average molecular weight is 615 g/mol. The van der Waals surface area contributed by atoms with Gasteiger partial charge >= 0.3 is 5.97 Å². The molecule has 1 aliphatic heterocycles. The number of rotatable bonds is 11. The third kappa shape index (κ3) is 8.60. The van der Waals surface area contributed by atoms with Crippen LogP contribution in [0.25, 0.3) is 21.9 Å². The molecule has 4 aromatic carbocycles. The van der Waals surface area contributed by atoms with E-state index in [0.29, 0.717) is 25.2 Å². The molecule has 0 unspecified atom stereocenters. The minimum atomic E-state index is -0.783. The number of ether oxygens (including phenoxy) is 2. The van der Waals surface area contributed by atoms with E-state index in [2.05, 4.69) is 35.2 Å². The van der Waals surface area contributed by atoms with Gasteiger partial charge in [0.05, 0.1) is 24.3 Å². The smallest absolute Gasteiger partial charge is 0.303 e. The molecule has 0 spiro atoms. The number of nitrogens with zero attached hydrogens (tertiary/aromatic N) is 1. The van der Waals surface area contributed by atoms with Crippen molar-refractivity contribution in [1.82, 2.24) is 4.90 Å². The number of carbonyl (C=O) groups is 2. The summed E-state index contributed by atoms with van der Waals surface area (Å²) in [5.41, 5.74) is 9.74. The van der Waals surface area contributed by atoms with Crippen molar-refractivity contribution < 1.29 is 28.6 Å². The Bertz CT molecular complexity index is 1580. The van der Waals surface area contributed by atoms with Gasteiger partial charge in [-0.3, -0.25) is 14.5 Å². The molecule has 4 aromatic rings. The van der Waals surface area contributed by atoms with Crippen LogP contribution in [-0.2, 0) is 17.8 Å². The van der Waals surface area contributed by atoms with Crippen LogP contribution >= 0.6 is 0 Å². The average Bonchev–Trinajstić information content (AvgIpc) is 3.01. The van der Waals surface area contributed by atoms with Crippen LogP contribution in [0.3, 0.4) is 0 Å². The first-order valence-electron chi connectivity index (χ1n) is 15.7. The van der Waals surface area contributed by atoms with Gasteiger partial charge in [-0.05, 0) is 104 Å². The second-order valence-corrected chi connectivity index (χ2v) is 11.2. The number of hydrogen-bond donors (Lipinski definition) is 2. The maximum Gasteiger partial charge on any atom is 0.303 e. The molecule has 5 rings (SSSR count). The molecule has 1 heterocycles. The second-order valence-electron chi connectivity index (χ2n) is 11.2. The summed E-state index contributed by atoms with van der Waals surface area (Å²) in [6, 6.07) is 21.1. The predicted octanol–water partition coefficient (Wildman–Crippen LogP) is 7.54. The number of piperidine rings is 1. The van der Waals surface area contributed by atoms with Gasteiger partial charge in [-0.25, -0.2) is 4.39 Å². The Morgan fingerprint density at radius 2 is 1.51 bits per heavy atom. The number of hydrogen-bond acceptors (Lipinski definition) is 5. The Labute approximate surface area is 264 Å². The molecule has 3 N–H and O–H groups in total. The zero-order valence-corrected chi connectivity index (χ0v) is 26.4. The van der Waals surface area contributed by atoms with Gasteiger partial charge < -0.3 is 20.3 Å². The molecule has 0 atom stereocenters. The van der Waals surface area contributed by atoms with Gasteiger partial charge in [0.2, 0.25) is 0 Å². The lowest BCUT2D eigenvalue weighted by Gasteiger charge is -2.27. The van der Waals surface area contributed by atoms with E-state index in [4.69, 9.17) is 15.2 Å². The van der Waals surface area contributed by atoms with Crippen LogP contribution in [0, 0.1) is 12.7 Å². The molecular formula is C37H43FN2O5. The maximum atomic E-state index is 12.8. The first-order valence-corrected chi connectivity index (χ1v) is 15.7. The van der Waals surface area contributed by atoms with E-state index in [1.807, 2.05) is 32.0 Å². The zero-order chi connectivity index (χ0) is 32.3. The monoisotopic (exact) mass is 614 g/mol. The number of carboxylic acids is 1. The SMILES string of the molecule is CCOc1cc(CN2CCCCC2)cc(OCC)c1-c1cccc2c(CCC(=O)O)cccc12.Cc1cccc(F)c1C(N)=O. The van der Waals surface area contributed by atoms with E-state index in [-0.39, 0.29) is 12.0 Å². The number of fused-ring (bicyclic) bond motifs is 1. The fourth-order valence-electron chi connectivity index (χ4n) is 5.91. The number of aliphatic carboxylic acids is 1. The maximum absolute atomic E-state index is 12.8. The summed E-state index contributed by atoms with van der Waals surface area (Å²) in [5, 5.41) is 11.3. The van der Waals surface area contributed by atoms with Crippen LogP contribution in [0.15, 0.2) is 66.7 Å². The molecule has 0 aromatic heterocycles. The number of likely N-dealkylation sites (tertiary alicyclic amines) is 1. The van der Waals surface area contributed by atoms with Gasteiger partial charge in [0.1, 0.15) is 17.3 Å². The number of nitrogens with two attached hydrogens (primary N) is 1. The summed E-state index contributed by atoms with van der Waals surface area (Å²) in [5.74, 6) is -0.388. The van der Waals surface area contributed by atoms with E-state index in [0.717, 1.165) is 58.6 Å². The lowest BCUT2D eigenvalue weighted by Crippen LogP contribution is -2.29. The standard InChI is InChI=1S/C29H35NO4.C8H8FNO/c1-3-33-26-18-21(20-30-16-6-5-7-17-30)19-27(34-4-2)29(26)25-13-9-11-23-22(14-15-28(31)32)10-8-12-24(23)25;1-5-3-2-4-6(9)7(5)8(10)11/h8-13,18-19H,3-7,14-17,20H2,1-2H3,(H,31,32);2-4H,1H3,(H2,10,11). The molecule has 0 radical (unpaired) electrons. The number of amides is 1. The highest BCUT2D eigenvalue weighted by molar-refractivity contribution is 6.01. The van der Waals surface area contributed by atoms with Crippen LogP contribution in [-0.4, -0.2) is 48.2 Å². The molecule has 1 aliphatic rings. The van der Waals surface area contributed by atoms with Crippen molar-refractivity contribution in [2.24, 2.45) is 5.73 Å². The summed E-state index contributed by atoms with van der Waals surface area (Å²) in [7, 11) is 0. The first kappa shape index (κ1) is 33.5. The normalized spacial score (nSPS) is 13.2. The fraction of sp³-hybridized carbons (Fsp3) is 0.351. The van der Waals surface area contributed by atoms with E-state index in [1.54, 1.807) is 13.0 Å². The fourth-order valence-corrected chi connectivity index (χ4v) is 5.91. The van der Waals surface area contributed by atoms with Crippen molar-refractivity contribution in [3.63, 3.8) is 0 Å². The molecule has 1 fully saturated rings. The highest BCUT2D eigenvalue weighted by atomic mass is 19.1. The van der Waals surface area contributed by atoms with Crippen molar-refractivity contribution in [1.29, 1.82) is 0 Å². The third-order valence-corrected chi connectivity index (χ3v) is 7.94. The summed E-state index contributed by atoms with van der Waals surface area (Å²) < 4.78 is 25.2. The molecule has 0 aliphatic carbocycles. The molecular weight excluding hydrogens is 571 g/mol. The number of benzene rings is 4. The number of halogens is 1. The first-order chi connectivity index (χ1) is 21.7. The summed E-state index contributed by atoms with van der Waals surface area (Å²) in [6.07, 6.45) is 4.45. The Morgan fingerprint density at radius 3 is 2.09 bits per heavy atom. The Hall–Kier alpha value is -4.43. The van der Waals surface area contributed by atoms with Crippen LogP contribution < -0.4 is 15.2 Å². The van der Waals surface area contributed by atoms with Crippen molar-refractivity contribution in [2.45, 2.75) is 59.4 Å². The molecule has 0 bridgehead atoms. The zero-order valence-electron chi connectivity index (χ0n) is 26.4. The van der Waals surface area contributed by atoms with Crippen molar-refractivity contribution in [2.75, 3.05) is 26.3 Å². The molecule has 7 nitrogen and oxygen atoms in total. The largest absolute Gasteiger partial charge is 0.493 e. The van der Waals surface area contributed by atoms with Crippen LogP contribution in [0.2, 0.25) is 0 Å². The highest BCUT2D eigenvalue weighted by Gasteiger charge is 2.20. The molecule has 8 heteroatoms. The highest BCUT2D eigenvalue weighted by Crippen LogP contribution is 2.43. The van der Waals surface area contributed by atoms with Gasteiger partial charge in [-0.1, -0.05) is 55.0 Å². The number of carboxylic acid groups (broad SMARTS) is 1. The lowest BCUT2D eigenvalue weighted by atomic mass is 9.92. The molecule has 45 heavy (non-hydrogen) atoms. The number of primary amides is 1. The molecule has 1 amide bonds. The van der Waals surface area contributed by atoms with Crippen molar-refractivity contribution in [3.05, 3.63) is 94.8 Å². The van der Waals surface area contributed by atoms with E-state index in [9.17, 15) is 19.1 Å². The van der Waals surface area contributed by atoms with Crippen molar-refractivity contribution in [3.8, 4) is 22.6 Å². The summed E-state index contributed by atoms with van der Waals surface area (Å²) in [4.78, 5) is 24.3. The van der Waals surface area contributed by atoms with Crippen LogP contribution in [0.4, 0.5) is 4.39 Å². The van der Waals surface area contributed by atoms with E-state index < -0.39 is 17.7 Å². The minimum Gasteiger partial charge on any atom is -0.493 e. The van der Waals surface area contributed by atoms with Gasteiger partial charge in [-0.15, -0.1) is 0 Å². The van der Waals surface area contributed by atoms with Crippen LogP contribution in [0.5, 0.6) is 11.5 Å². The Balaban J connectivity index is 0.000000354.